The van der Waals surface area contributed by atoms with Gasteiger partial charge in [0, 0.05) is 12.6 Å². The molecule has 2 rings (SSSR count). The Hall–Kier alpha value is -2.87. The van der Waals surface area contributed by atoms with Crippen LogP contribution in [0.15, 0.2) is 54.6 Å². The van der Waals surface area contributed by atoms with Gasteiger partial charge in [0.2, 0.25) is 21.8 Å². The van der Waals surface area contributed by atoms with Gasteiger partial charge < -0.3 is 10.2 Å². The molecule has 0 aliphatic rings. The van der Waals surface area contributed by atoms with Crippen molar-refractivity contribution in [2.24, 2.45) is 0 Å². The van der Waals surface area contributed by atoms with Gasteiger partial charge in [-0.05, 0) is 44.4 Å². The van der Waals surface area contributed by atoms with E-state index in [1.807, 2.05) is 57.2 Å². The lowest BCUT2D eigenvalue weighted by Gasteiger charge is -2.33. The largest absolute Gasteiger partial charge is 0.352 e. The number of nitrogens with one attached hydrogen (secondary N) is 1. The first-order chi connectivity index (χ1) is 15.0. The van der Waals surface area contributed by atoms with Crippen LogP contribution in [0.3, 0.4) is 0 Å². The number of carbonyl (C=O) groups excluding carboxylic acids is 2. The van der Waals surface area contributed by atoms with E-state index in [0.717, 1.165) is 21.7 Å². The van der Waals surface area contributed by atoms with Crippen LogP contribution in [0.2, 0.25) is 0 Å². The Balaban J connectivity index is 2.43. The van der Waals surface area contributed by atoms with Crippen LogP contribution in [0.1, 0.15) is 38.3 Å². The van der Waals surface area contributed by atoms with Crippen LogP contribution in [-0.4, -0.2) is 50.0 Å². The summed E-state index contributed by atoms with van der Waals surface area (Å²) in [5.41, 5.74) is 2.05. The third-order valence-corrected chi connectivity index (χ3v) is 6.20. The van der Waals surface area contributed by atoms with E-state index in [0.29, 0.717) is 12.1 Å². The SMILES string of the molecule is CCC(C(=O)NC(C)C)N(Cc1ccccc1)C(=O)CN(c1ccccc1C)S(C)(=O)=O. The summed E-state index contributed by atoms with van der Waals surface area (Å²) in [7, 11) is -3.73. The minimum atomic E-state index is -3.73. The number of hydrogen-bond acceptors (Lipinski definition) is 4. The van der Waals surface area contributed by atoms with Crippen molar-refractivity contribution >= 4 is 27.5 Å². The molecule has 0 spiro atoms. The van der Waals surface area contributed by atoms with Crippen molar-refractivity contribution in [3.8, 4) is 0 Å². The van der Waals surface area contributed by atoms with Gasteiger partial charge in [0.05, 0.1) is 11.9 Å². The van der Waals surface area contributed by atoms with E-state index >= 15 is 0 Å². The number of amides is 2. The lowest BCUT2D eigenvalue weighted by molar-refractivity contribution is -0.140. The molecule has 174 valence electrons. The monoisotopic (exact) mass is 459 g/mol. The molecule has 32 heavy (non-hydrogen) atoms. The van der Waals surface area contributed by atoms with E-state index in [1.165, 1.54) is 4.90 Å². The molecule has 0 aromatic heterocycles. The van der Waals surface area contributed by atoms with Crippen molar-refractivity contribution in [3.63, 3.8) is 0 Å². The Kier molecular flexibility index (Phi) is 8.83. The predicted molar refractivity (Wildman–Crippen MR) is 128 cm³/mol. The van der Waals surface area contributed by atoms with E-state index in [2.05, 4.69) is 5.32 Å². The van der Waals surface area contributed by atoms with Gasteiger partial charge in [-0.25, -0.2) is 8.42 Å². The van der Waals surface area contributed by atoms with Crippen molar-refractivity contribution in [1.29, 1.82) is 0 Å². The van der Waals surface area contributed by atoms with Gasteiger partial charge >= 0.3 is 0 Å². The smallest absolute Gasteiger partial charge is 0.244 e. The first kappa shape index (κ1) is 25.4. The highest BCUT2D eigenvalue weighted by molar-refractivity contribution is 7.92. The fraction of sp³-hybridized carbons (Fsp3) is 0.417. The summed E-state index contributed by atoms with van der Waals surface area (Å²) in [5.74, 6) is -0.693. The van der Waals surface area contributed by atoms with Gasteiger partial charge in [-0.1, -0.05) is 55.5 Å². The lowest BCUT2D eigenvalue weighted by atomic mass is 10.1. The second-order valence-corrected chi connectivity index (χ2v) is 10.1. The van der Waals surface area contributed by atoms with Crippen LogP contribution in [0.5, 0.6) is 0 Å². The van der Waals surface area contributed by atoms with E-state index in [-0.39, 0.29) is 25.0 Å². The normalized spacial score (nSPS) is 12.3. The molecule has 1 atom stereocenters. The number of rotatable bonds is 10. The number of anilines is 1. The van der Waals surface area contributed by atoms with Gasteiger partial charge in [-0.15, -0.1) is 0 Å². The summed E-state index contributed by atoms with van der Waals surface area (Å²) >= 11 is 0. The molecule has 2 aromatic carbocycles. The van der Waals surface area contributed by atoms with Crippen molar-refractivity contribution in [2.45, 2.75) is 52.7 Å². The standard InChI is InChI=1S/C24H33N3O4S/c1-6-21(24(29)25-18(2)3)26(16-20-13-8-7-9-14-20)23(28)17-27(32(5,30)31)22-15-11-10-12-19(22)4/h7-15,18,21H,6,16-17H2,1-5H3,(H,25,29). The fourth-order valence-corrected chi connectivity index (χ4v) is 4.43. The lowest BCUT2D eigenvalue weighted by Crippen LogP contribution is -2.53. The molecule has 0 fully saturated rings. The van der Waals surface area contributed by atoms with Crippen LogP contribution in [0.4, 0.5) is 5.69 Å². The molecule has 0 saturated carbocycles. The molecule has 2 amide bonds. The molecule has 1 unspecified atom stereocenters. The molecule has 8 heteroatoms. The number of sulfonamides is 1. The van der Waals surface area contributed by atoms with Crippen molar-refractivity contribution < 1.29 is 18.0 Å². The predicted octanol–water partition coefficient (Wildman–Crippen LogP) is 3.09. The topological polar surface area (TPSA) is 86.8 Å². The van der Waals surface area contributed by atoms with E-state index in [4.69, 9.17) is 0 Å². The zero-order valence-corrected chi connectivity index (χ0v) is 20.2. The number of benzene rings is 2. The summed E-state index contributed by atoms with van der Waals surface area (Å²) in [4.78, 5) is 27.9. The fourth-order valence-electron chi connectivity index (χ4n) is 3.52. The Bertz CT molecular complexity index is 1020. The van der Waals surface area contributed by atoms with E-state index in [1.54, 1.807) is 25.1 Å². The summed E-state index contributed by atoms with van der Waals surface area (Å²) in [6, 6.07) is 15.6. The summed E-state index contributed by atoms with van der Waals surface area (Å²) in [5, 5.41) is 2.87. The zero-order chi connectivity index (χ0) is 23.9. The second-order valence-electron chi connectivity index (χ2n) is 8.15. The van der Waals surface area contributed by atoms with Crippen LogP contribution >= 0.6 is 0 Å². The number of nitrogens with zero attached hydrogens (tertiary/aromatic N) is 2. The Labute approximate surface area is 191 Å². The zero-order valence-electron chi connectivity index (χ0n) is 19.4. The average molecular weight is 460 g/mol. The third kappa shape index (κ3) is 6.82. The van der Waals surface area contributed by atoms with Crippen molar-refractivity contribution in [3.05, 3.63) is 65.7 Å². The van der Waals surface area contributed by atoms with Crippen LogP contribution in [-0.2, 0) is 26.2 Å². The molecular weight excluding hydrogens is 426 g/mol. The molecule has 0 radical (unpaired) electrons. The maximum absolute atomic E-state index is 13.5. The first-order valence-corrected chi connectivity index (χ1v) is 12.6. The van der Waals surface area contributed by atoms with Gasteiger partial charge in [0.1, 0.15) is 12.6 Å². The van der Waals surface area contributed by atoms with Crippen molar-refractivity contribution in [2.75, 3.05) is 17.1 Å². The Morgan fingerprint density at radius 2 is 1.59 bits per heavy atom. The summed E-state index contributed by atoms with van der Waals surface area (Å²) in [6.45, 7) is 7.17. The van der Waals surface area contributed by atoms with Crippen LogP contribution in [0.25, 0.3) is 0 Å². The molecule has 0 heterocycles. The molecule has 0 aliphatic heterocycles. The minimum absolute atomic E-state index is 0.0790. The highest BCUT2D eigenvalue weighted by Crippen LogP contribution is 2.23. The van der Waals surface area contributed by atoms with E-state index < -0.39 is 22.0 Å². The van der Waals surface area contributed by atoms with Gasteiger partial charge in [-0.2, -0.15) is 0 Å². The number of hydrogen-bond donors (Lipinski definition) is 1. The quantitative estimate of drug-likeness (QED) is 0.592. The number of para-hydroxylation sites is 1. The van der Waals surface area contributed by atoms with Crippen molar-refractivity contribution in [1.82, 2.24) is 10.2 Å². The van der Waals surface area contributed by atoms with Crippen LogP contribution < -0.4 is 9.62 Å². The molecule has 0 aliphatic carbocycles. The average Bonchev–Trinajstić information content (AvgIpc) is 2.71. The molecule has 7 nitrogen and oxygen atoms in total. The van der Waals surface area contributed by atoms with Gasteiger partial charge in [-0.3, -0.25) is 13.9 Å². The molecule has 1 N–H and O–H groups in total. The maximum atomic E-state index is 13.5. The third-order valence-electron chi connectivity index (χ3n) is 5.08. The number of aryl methyl sites for hydroxylation is 1. The Morgan fingerprint density at radius 3 is 2.12 bits per heavy atom. The van der Waals surface area contributed by atoms with Gasteiger partial charge in [0.25, 0.3) is 0 Å². The summed E-state index contributed by atoms with van der Waals surface area (Å²) in [6.07, 6.45) is 1.48. The molecular formula is C24H33N3O4S. The molecule has 2 aromatic rings. The second kappa shape index (κ2) is 11.1. The first-order valence-electron chi connectivity index (χ1n) is 10.7. The minimum Gasteiger partial charge on any atom is -0.352 e. The number of carbonyl (C=O) groups is 2. The highest BCUT2D eigenvalue weighted by atomic mass is 32.2. The Morgan fingerprint density at radius 1 is 1.00 bits per heavy atom. The highest BCUT2D eigenvalue weighted by Gasteiger charge is 2.32. The van der Waals surface area contributed by atoms with Gasteiger partial charge in [0.15, 0.2) is 0 Å². The van der Waals surface area contributed by atoms with Crippen LogP contribution in [0, 0.1) is 6.92 Å². The molecule has 0 saturated heterocycles. The summed E-state index contributed by atoms with van der Waals surface area (Å²) < 4.78 is 26.3. The van der Waals surface area contributed by atoms with E-state index in [9.17, 15) is 18.0 Å². The molecule has 0 bridgehead atoms. The maximum Gasteiger partial charge on any atom is 0.244 e.